The molecule has 0 bridgehead atoms. The van der Waals surface area contributed by atoms with Crippen molar-refractivity contribution in [3.63, 3.8) is 0 Å². The zero-order chi connectivity index (χ0) is 12.8. The molecular weight excluding hydrogens is 250 g/mol. The standard InChI is InChI=1S/C14H14ClNO2/c15-13-8-12(16)6-7-14(13)18-10-17-9-11-4-2-1-3-5-11/h1-8H,9-10,16H2. The zero-order valence-electron chi connectivity index (χ0n) is 9.80. The first-order chi connectivity index (χ1) is 8.75. The molecule has 0 unspecified atom stereocenters. The van der Waals surface area contributed by atoms with E-state index in [4.69, 9.17) is 26.8 Å². The third kappa shape index (κ3) is 3.65. The summed E-state index contributed by atoms with van der Waals surface area (Å²) in [5.74, 6) is 0.568. The van der Waals surface area contributed by atoms with E-state index in [9.17, 15) is 0 Å². The Kier molecular flexibility index (Phi) is 4.45. The van der Waals surface area contributed by atoms with Crippen molar-refractivity contribution in [2.75, 3.05) is 12.5 Å². The Morgan fingerprint density at radius 1 is 1.06 bits per heavy atom. The highest BCUT2D eigenvalue weighted by Gasteiger charge is 2.01. The van der Waals surface area contributed by atoms with Crippen molar-refractivity contribution in [3.8, 4) is 5.75 Å². The lowest BCUT2D eigenvalue weighted by molar-refractivity contribution is 0.00511. The first-order valence-corrected chi connectivity index (χ1v) is 5.93. The minimum absolute atomic E-state index is 0.151. The van der Waals surface area contributed by atoms with E-state index in [1.807, 2.05) is 30.3 Å². The first-order valence-electron chi connectivity index (χ1n) is 5.55. The highest BCUT2D eigenvalue weighted by Crippen LogP contribution is 2.26. The van der Waals surface area contributed by atoms with E-state index >= 15 is 0 Å². The summed E-state index contributed by atoms with van der Waals surface area (Å²) in [5.41, 5.74) is 7.30. The number of halogens is 1. The maximum atomic E-state index is 5.96. The van der Waals surface area contributed by atoms with Crippen molar-refractivity contribution in [3.05, 3.63) is 59.1 Å². The summed E-state index contributed by atoms with van der Waals surface area (Å²) in [4.78, 5) is 0. The molecule has 94 valence electrons. The predicted octanol–water partition coefficient (Wildman–Crippen LogP) is 3.48. The minimum atomic E-state index is 0.151. The van der Waals surface area contributed by atoms with Crippen LogP contribution >= 0.6 is 11.6 Å². The van der Waals surface area contributed by atoms with Crippen LogP contribution in [-0.4, -0.2) is 6.79 Å². The summed E-state index contributed by atoms with van der Waals surface area (Å²) in [6.07, 6.45) is 0. The van der Waals surface area contributed by atoms with Crippen molar-refractivity contribution in [1.82, 2.24) is 0 Å². The Morgan fingerprint density at radius 3 is 2.56 bits per heavy atom. The summed E-state index contributed by atoms with van der Waals surface area (Å²) >= 11 is 5.96. The van der Waals surface area contributed by atoms with Gasteiger partial charge < -0.3 is 15.2 Å². The summed E-state index contributed by atoms with van der Waals surface area (Å²) < 4.78 is 10.8. The number of benzene rings is 2. The summed E-state index contributed by atoms with van der Waals surface area (Å²) in [7, 11) is 0. The van der Waals surface area contributed by atoms with Gasteiger partial charge >= 0.3 is 0 Å². The molecule has 2 aromatic rings. The second-order valence-corrected chi connectivity index (χ2v) is 4.19. The smallest absolute Gasteiger partial charge is 0.189 e. The van der Waals surface area contributed by atoms with Gasteiger partial charge in [0.25, 0.3) is 0 Å². The molecule has 0 heterocycles. The third-order valence-electron chi connectivity index (χ3n) is 2.37. The highest BCUT2D eigenvalue weighted by atomic mass is 35.5. The molecule has 4 heteroatoms. The fourth-order valence-electron chi connectivity index (χ4n) is 1.47. The van der Waals surface area contributed by atoms with Crippen molar-refractivity contribution in [2.24, 2.45) is 0 Å². The van der Waals surface area contributed by atoms with Gasteiger partial charge in [0.15, 0.2) is 6.79 Å². The predicted molar refractivity (Wildman–Crippen MR) is 72.6 cm³/mol. The van der Waals surface area contributed by atoms with E-state index in [-0.39, 0.29) is 6.79 Å². The summed E-state index contributed by atoms with van der Waals surface area (Å²) in [6, 6.07) is 15.0. The van der Waals surface area contributed by atoms with Gasteiger partial charge in [0.2, 0.25) is 0 Å². The SMILES string of the molecule is Nc1ccc(OCOCc2ccccc2)c(Cl)c1. The molecule has 3 nitrogen and oxygen atoms in total. The van der Waals surface area contributed by atoms with Crippen molar-refractivity contribution >= 4 is 17.3 Å². The fourth-order valence-corrected chi connectivity index (χ4v) is 1.72. The number of anilines is 1. The van der Waals surface area contributed by atoms with Crippen LogP contribution in [0.25, 0.3) is 0 Å². The first kappa shape index (κ1) is 12.7. The van der Waals surface area contributed by atoms with Gasteiger partial charge in [-0.2, -0.15) is 0 Å². The van der Waals surface area contributed by atoms with Crippen LogP contribution in [0.4, 0.5) is 5.69 Å². The topological polar surface area (TPSA) is 44.5 Å². The minimum Gasteiger partial charge on any atom is -0.466 e. The van der Waals surface area contributed by atoms with E-state index in [1.165, 1.54) is 0 Å². The van der Waals surface area contributed by atoms with E-state index in [0.717, 1.165) is 5.56 Å². The molecule has 0 aromatic heterocycles. The maximum absolute atomic E-state index is 5.96. The second kappa shape index (κ2) is 6.28. The van der Waals surface area contributed by atoms with Gasteiger partial charge in [0.05, 0.1) is 11.6 Å². The molecule has 0 aliphatic carbocycles. The van der Waals surface area contributed by atoms with Gasteiger partial charge in [-0.1, -0.05) is 41.9 Å². The second-order valence-electron chi connectivity index (χ2n) is 3.79. The molecule has 0 aliphatic heterocycles. The summed E-state index contributed by atoms with van der Waals surface area (Å²) in [5, 5.41) is 0.485. The van der Waals surface area contributed by atoms with Crippen LogP contribution in [0.3, 0.4) is 0 Å². The van der Waals surface area contributed by atoms with Crippen LogP contribution in [0.1, 0.15) is 5.56 Å². The Bertz CT molecular complexity index is 502. The maximum Gasteiger partial charge on any atom is 0.189 e. The lowest BCUT2D eigenvalue weighted by atomic mass is 10.2. The number of nitrogen functional groups attached to an aromatic ring is 1. The van der Waals surface area contributed by atoms with Crippen molar-refractivity contribution < 1.29 is 9.47 Å². The van der Waals surface area contributed by atoms with Crippen LogP contribution in [0.15, 0.2) is 48.5 Å². The van der Waals surface area contributed by atoms with Crippen LogP contribution in [0.2, 0.25) is 5.02 Å². The molecule has 0 radical (unpaired) electrons. The number of hydrogen-bond acceptors (Lipinski definition) is 3. The monoisotopic (exact) mass is 263 g/mol. The molecule has 0 amide bonds. The van der Waals surface area contributed by atoms with Crippen LogP contribution in [0, 0.1) is 0 Å². The number of hydrogen-bond donors (Lipinski definition) is 1. The Hall–Kier alpha value is -1.71. The zero-order valence-corrected chi connectivity index (χ0v) is 10.6. The third-order valence-corrected chi connectivity index (χ3v) is 2.66. The number of nitrogens with two attached hydrogens (primary N) is 1. The lowest BCUT2D eigenvalue weighted by Crippen LogP contribution is -2.03. The molecule has 0 saturated carbocycles. The van der Waals surface area contributed by atoms with E-state index in [0.29, 0.717) is 23.1 Å². The normalized spacial score (nSPS) is 10.3. The largest absolute Gasteiger partial charge is 0.466 e. The molecule has 0 atom stereocenters. The van der Waals surface area contributed by atoms with Gasteiger partial charge in [-0.15, -0.1) is 0 Å². The molecule has 0 saturated heterocycles. The lowest BCUT2D eigenvalue weighted by Gasteiger charge is -2.09. The fraction of sp³-hybridized carbons (Fsp3) is 0.143. The van der Waals surface area contributed by atoms with Gasteiger partial charge in [0, 0.05) is 5.69 Å². The highest BCUT2D eigenvalue weighted by molar-refractivity contribution is 6.32. The number of rotatable bonds is 5. The Morgan fingerprint density at radius 2 is 1.83 bits per heavy atom. The molecule has 2 aromatic carbocycles. The van der Waals surface area contributed by atoms with E-state index in [2.05, 4.69) is 0 Å². The molecule has 0 spiro atoms. The average Bonchev–Trinajstić information content (AvgIpc) is 2.38. The van der Waals surface area contributed by atoms with Crippen LogP contribution in [0.5, 0.6) is 5.75 Å². The van der Waals surface area contributed by atoms with E-state index in [1.54, 1.807) is 18.2 Å². The van der Waals surface area contributed by atoms with Gasteiger partial charge in [0.1, 0.15) is 5.75 Å². The molecule has 0 aliphatic rings. The molecular formula is C14H14ClNO2. The number of ether oxygens (including phenoxy) is 2. The van der Waals surface area contributed by atoms with Gasteiger partial charge in [-0.05, 0) is 23.8 Å². The Labute approximate surface area is 111 Å². The van der Waals surface area contributed by atoms with Crippen molar-refractivity contribution in [1.29, 1.82) is 0 Å². The summed E-state index contributed by atoms with van der Waals surface area (Å²) in [6.45, 7) is 0.659. The molecule has 18 heavy (non-hydrogen) atoms. The molecule has 2 rings (SSSR count). The average molecular weight is 264 g/mol. The Balaban J connectivity index is 1.79. The van der Waals surface area contributed by atoms with Crippen molar-refractivity contribution in [2.45, 2.75) is 6.61 Å². The molecule has 0 fully saturated rings. The van der Waals surface area contributed by atoms with Gasteiger partial charge in [-0.25, -0.2) is 0 Å². The van der Waals surface area contributed by atoms with E-state index < -0.39 is 0 Å². The van der Waals surface area contributed by atoms with Crippen LogP contribution in [-0.2, 0) is 11.3 Å². The van der Waals surface area contributed by atoms with Gasteiger partial charge in [-0.3, -0.25) is 0 Å². The molecule has 2 N–H and O–H groups in total. The van der Waals surface area contributed by atoms with Crippen LogP contribution < -0.4 is 10.5 Å². The quantitative estimate of drug-likeness (QED) is 0.510.